The molecule has 1 heterocycles. The third-order valence-electron chi connectivity index (χ3n) is 2.42. The van der Waals surface area contributed by atoms with Crippen LogP contribution < -0.4 is 0 Å². The summed E-state index contributed by atoms with van der Waals surface area (Å²) in [5.41, 5.74) is 0.808. The fourth-order valence-electron chi connectivity index (χ4n) is 1.76. The van der Waals surface area contributed by atoms with E-state index in [0.717, 1.165) is 0 Å². The van der Waals surface area contributed by atoms with Gasteiger partial charge in [0.1, 0.15) is 11.6 Å². The molecule has 0 aliphatic rings. The minimum absolute atomic E-state index is 0.326. The summed E-state index contributed by atoms with van der Waals surface area (Å²) < 4.78 is 39.3. The first-order valence-corrected chi connectivity index (χ1v) is 5.50. The van der Waals surface area contributed by atoms with Gasteiger partial charge in [0.2, 0.25) is 0 Å². The number of hydrogen-bond acceptors (Lipinski definition) is 1. The van der Waals surface area contributed by atoms with Crippen LogP contribution in [-0.4, -0.2) is 16.0 Å². The topological polar surface area (TPSA) is 17.8 Å². The van der Waals surface area contributed by atoms with Gasteiger partial charge in [-0.3, -0.25) is 0 Å². The van der Waals surface area contributed by atoms with Gasteiger partial charge in [0.05, 0.1) is 23.0 Å². The molecule has 0 fully saturated rings. The summed E-state index contributed by atoms with van der Waals surface area (Å²) in [5.74, 6) is -0.125. The Labute approximate surface area is 101 Å². The molecule has 0 aliphatic carbocycles. The van der Waals surface area contributed by atoms with Gasteiger partial charge in [0.25, 0.3) is 6.43 Å². The van der Waals surface area contributed by atoms with Gasteiger partial charge in [0.15, 0.2) is 0 Å². The highest BCUT2D eigenvalue weighted by Crippen LogP contribution is 2.25. The van der Waals surface area contributed by atoms with Crippen molar-refractivity contribution in [1.29, 1.82) is 0 Å². The first-order chi connectivity index (χ1) is 7.99. The quantitative estimate of drug-likeness (QED) is 0.771. The summed E-state index contributed by atoms with van der Waals surface area (Å²) in [5, 5.41) is -0.510. The maximum atomic E-state index is 13.0. The molecular formula is C11H10ClF3N2. The van der Waals surface area contributed by atoms with E-state index in [4.69, 9.17) is 11.6 Å². The smallest absolute Gasteiger partial charge is 0.256 e. The molecule has 0 spiro atoms. The molecular weight excluding hydrogens is 253 g/mol. The Morgan fingerprint density at radius 2 is 2.12 bits per heavy atom. The Morgan fingerprint density at radius 3 is 2.71 bits per heavy atom. The van der Waals surface area contributed by atoms with Crippen molar-refractivity contribution < 1.29 is 13.2 Å². The summed E-state index contributed by atoms with van der Waals surface area (Å²) in [7, 11) is 0. The Kier molecular flexibility index (Phi) is 3.28. The summed E-state index contributed by atoms with van der Waals surface area (Å²) in [6, 6.07) is 3.86. The van der Waals surface area contributed by atoms with E-state index in [-0.39, 0.29) is 0 Å². The van der Waals surface area contributed by atoms with Crippen molar-refractivity contribution in [2.75, 3.05) is 0 Å². The second kappa shape index (κ2) is 4.56. The molecule has 0 radical (unpaired) electrons. The van der Waals surface area contributed by atoms with Gasteiger partial charge >= 0.3 is 0 Å². The fraction of sp³-hybridized carbons (Fsp3) is 0.364. The van der Waals surface area contributed by atoms with Crippen molar-refractivity contribution in [2.24, 2.45) is 0 Å². The van der Waals surface area contributed by atoms with Crippen molar-refractivity contribution in [3.63, 3.8) is 0 Å². The molecule has 0 aliphatic heterocycles. The number of aromatic nitrogens is 2. The van der Waals surface area contributed by atoms with E-state index in [2.05, 4.69) is 4.98 Å². The molecule has 0 saturated heterocycles. The zero-order chi connectivity index (χ0) is 12.6. The predicted octanol–water partition coefficient (Wildman–Crippen LogP) is 3.74. The Bertz CT molecular complexity index is 537. The number of hydrogen-bond donors (Lipinski definition) is 0. The van der Waals surface area contributed by atoms with Crippen LogP contribution in [0.2, 0.25) is 0 Å². The number of rotatable bonds is 3. The zero-order valence-electron chi connectivity index (χ0n) is 9.00. The Hall–Kier alpha value is -1.23. The average molecular weight is 263 g/mol. The first-order valence-electron chi connectivity index (χ1n) is 5.07. The lowest BCUT2D eigenvalue weighted by atomic mass is 10.3. The van der Waals surface area contributed by atoms with E-state index in [1.54, 1.807) is 6.92 Å². The van der Waals surface area contributed by atoms with Crippen LogP contribution in [0.4, 0.5) is 13.2 Å². The highest BCUT2D eigenvalue weighted by Gasteiger charge is 2.17. The molecule has 1 unspecified atom stereocenters. The van der Waals surface area contributed by atoms with Crippen LogP contribution in [0, 0.1) is 5.82 Å². The second-order valence-corrected chi connectivity index (χ2v) is 4.38. The van der Waals surface area contributed by atoms with Crippen LogP contribution in [0.5, 0.6) is 0 Å². The van der Waals surface area contributed by atoms with Crippen molar-refractivity contribution in [1.82, 2.24) is 9.55 Å². The SMILES string of the molecule is CC(Cl)c1nc2cc(F)ccc2n1CC(F)F. The normalized spacial score (nSPS) is 13.5. The lowest BCUT2D eigenvalue weighted by Gasteiger charge is -2.09. The lowest BCUT2D eigenvalue weighted by Crippen LogP contribution is -2.10. The average Bonchev–Trinajstić information content (AvgIpc) is 2.55. The second-order valence-electron chi connectivity index (χ2n) is 3.72. The summed E-state index contributed by atoms with van der Waals surface area (Å²) in [6.45, 7) is 1.15. The van der Waals surface area contributed by atoms with Crippen LogP contribution in [0.3, 0.4) is 0 Å². The fourth-order valence-corrected chi connectivity index (χ4v) is 1.92. The van der Waals surface area contributed by atoms with Gasteiger partial charge < -0.3 is 4.57 Å². The van der Waals surface area contributed by atoms with Crippen molar-refractivity contribution in [2.45, 2.75) is 25.3 Å². The van der Waals surface area contributed by atoms with Gasteiger partial charge in [-0.25, -0.2) is 18.2 Å². The lowest BCUT2D eigenvalue weighted by molar-refractivity contribution is 0.127. The standard InChI is InChI=1S/C11H10ClF3N2/c1-6(12)11-16-8-4-7(13)2-3-9(8)17(11)5-10(14)15/h2-4,6,10H,5H2,1H3. The molecule has 0 bridgehead atoms. The Morgan fingerprint density at radius 1 is 1.41 bits per heavy atom. The highest BCUT2D eigenvalue weighted by molar-refractivity contribution is 6.20. The van der Waals surface area contributed by atoms with Crippen LogP contribution >= 0.6 is 11.6 Å². The maximum Gasteiger partial charge on any atom is 0.256 e. The van der Waals surface area contributed by atoms with E-state index in [1.807, 2.05) is 0 Å². The summed E-state index contributed by atoms with van der Waals surface area (Å²) >= 11 is 5.88. The number of fused-ring (bicyclic) bond motifs is 1. The summed E-state index contributed by atoms with van der Waals surface area (Å²) in [4.78, 5) is 4.08. The third-order valence-corrected chi connectivity index (χ3v) is 2.61. The van der Waals surface area contributed by atoms with Gasteiger partial charge in [0, 0.05) is 6.07 Å². The molecule has 2 aromatic rings. The molecule has 0 N–H and O–H groups in total. The highest BCUT2D eigenvalue weighted by atomic mass is 35.5. The van der Waals surface area contributed by atoms with Gasteiger partial charge in [-0.1, -0.05) is 0 Å². The molecule has 17 heavy (non-hydrogen) atoms. The molecule has 1 aromatic heterocycles. The van der Waals surface area contributed by atoms with Gasteiger partial charge in [-0.15, -0.1) is 11.6 Å². The molecule has 2 nitrogen and oxygen atoms in total. The van der Waals surface area contributed by atoms with Crippen molar-refractivity contribution >= 4 is 22.6 Å². The third kappa shape index (κ3) is 2.39. The van der Waals surface area contributed by atoms with E-state index in [1.165, 1.54) is 22.8 Å². The summed E-state index contributed by atoms with van der Waals surface area (Å²) in [6.07, 6.45) is -2.51. The number of benzene rings is 1. The molecule has 6 heteroatoms. The van der Waals surface area contributed by atoms with Crippen LogP contribution in [0.15, 0.2) is 18.2 Å². The van der Waals surface area contributed by atoms with Crippen LogP contribution in [0.1, 0.15) is 18.1 Å². The van der Waals surface area contributed by atoms with E-state index in [0.29, 0.717) is 16.9 Å². The number of alkyl halides is 3. The minimum atomic E-state index is -2.51. The molecule has 1 atom stereocenters. The van der Waals surface area contributed by atoms with Crippen LogP contribution in [0.25, 0.3) is 11.0 Å². The monoisotopic (exact) mass is 262 g/mol. The van der Waals surface area contributed by atoms with Crippen molar-refractivity contribution in [3.8, 4) is 0 Å². The molecule has 92 valence electrons. The molecule has 2 rings (SSSR count). The predicted molar refractivity (Wildman–Crippen MR) is 60.0 cm³/mol. The van der Waals surface area contributed by atoms with E-state index in [9.17, 15) is 13.2 Å². The van der Waals surface area contributed by atoms with Crippen LogP contribution in [-0.2, 0) is 6.54 Å². The maximum absolute atomic E-state index is 13.0. The first kappa shape index (κ1) is 12.2. The van der Waals surface area contributed by atoms with Gasteiger partial charge in [-0.05, 0) is 19.1 Å². The number of imidazole rings is 1. The minimum Gasteiger partial charge on any atom is -0.321 e. The number of halogens is 4. The van der Waals surface area contributed by atoms with E-state index >= 15 is 0 Å². The zero-order valence-corrected chi connectivity index (χ0v) is 9.76. The van der Waals surface area contributed by atoms with Gasteiger partial charge in [-0.2, -0.15) is 0 Å². The van der Waals surface area contributed by atoms with Crippen molar-refractivity contribution in [3.05, 3.63) is 29.8 Å². The largest absolute Gasteiger partial charge is 0.321 e. The molecule has 0 amide bonds. The molecule has 0 saturated carbocycles. The number of nitrogens with zero attached hydrogens (tertiary/aromatic N) is 2. The molecule has 1 aromatic carbocycles. The Balaban J connectivity index is 2.62. The van der Waals surface area contributed by atoms with E-state index < -0.39 is 24.2 Å².